The van der Waals surface area contributed by atoms with Crippen molar-refractivity contribution >= 4 is 0 Å². The Morgan fingerprint density at radius 1 is 1.44 bits per heavy atom. The fourth-order valence-electron chi connectivity index (χ4n) is 1.58. The number of aromatic nitrogens is 1. The second kappa shape index (κ2) is 5.30. The van der Waals surface area contributed by atoms with E-state index >= 15 is 0 Å². The maximum Gasteiger partial charge on any atom is 0.213 e. The highest BCUT2D eigenvalue weighted by Crippen LogP contribution is 2.29. The van der Waals surface area contributed by atoms with Gasteiger partial charge in [-0.3, -0.25) is 0 Å². The lowest BCUT2D eigenvalue weighted by Crippen LogP contribution is -2.13. The minimum absolute atomic E-state index is 0.768. The smallest absolute Gasteiger partial charge is 0.213 e. The summed E-state index contributed by atoms with van der Waals surface area (Å²) in [5, 5.41) is 3.30. The van der Waals surface area contributed by atoms with Crippen LogP contribution in [0.5, 0.6) is 5.88 Å². The molecule has 0 unspecified atom stereocenters. The summed E-state index contributed by atoms with van der Waals surface area (Å²) in [5.41, 5.74) is 2.31. The van der Waals surface area contributed by atoms with Crippen LogP contribution in [-0.2, 0) is 6.54 Å². The molecule has 0 atom stereocenters. The van der Waals surface area contributed by atoms with Gasteiger partial charge in [0.2, 0.25) is 5.88 Å². The first kappa shape index (κ1) is 11.4. The van der Waals surface area contributed by atoms with E-state index in [4.69, 9.17) is 4.74 Å². The third-order valence-corrected chi connectivity index (χ3v) is 2.90. The molecular weight excluding hydrogens is 200 g/mol. The average molecular weight is 220 g/mol. The Morgan fingerprint density at radius 3 is 2.88 bits per heavy atom. The van der Waals surface area contributed by atoms with Gasteiger partial charge in [-0.05, 0) is 37.8 Å². The summed E-state index contributed by atoms with van der Waals surface area (Å²) in [6.07, 6.45) is 2.63. The number of aryl methyl sites for hydroxylation is 1. The van der Waals surface area contributed by atoms with E-state index in [0.717, 1.165) is 37.2 Å². The predicted molar refractivity (Wildman–Crippen MR) is 64.6 cm³/mol. The fraction of sp³-hybridized carbons (Fsp3) is 0.615. The molecule has 88 valence electrons. The van der Waals surface area contributed by atoms with Gasteiger partial charge in [-0.2, -0.15) is 0 Å². The van der Waals surface area contributed by atoms with E-state index < -0.39 is 0 Å². The summed E-state index contributed by atoms with van der Waals surface area (Å²) >= 11 is 0. The fourth-order valence-corrected chi connectivity index (χ4v) is 1.58. The molecule has 0 bridgehead atoms. The van der Waals surface area contributed by atoms with Crippen LogP contribution in [0.4, 0.5) is 0 Å². The molecular formula is C13H20N2O. The van der Waals surface area contributed by atoms with Gasteiger partial charge in [0.1, 0.15) is 0 Å². The van der Waals surface area contributed by atoms with Crippen molar-refractivity contribution in [2.75, 3.05) is 13.2 Å². The Kier molecular flexibility index (Phi) is 3.78. The molecule has 16 heavy (non-hydrogen) atoms. The van der Waals surface area contributed by atoms with Crippen molar-refractivity contribution in [3.63, 3.8) is 0 Å². The molecule has 0 radical (unpaired) electrons. The van der Waals surface area contributed by atoms with Gasteiger partial charge in [0.15, 0.2) is 0 Å². The lowest BCUT2D eigenvalue weighted by Gasteiger charge is -2.09. The molecule has 2 rings (SSSR count). The van der Waals surface area contributed by atoms with Crippen LogP contribution < -0.4 is 10.1 Å². The van der Waals surface area contributed by atoms with Gasteiger partial charge in [-0.1, -0.05) is 13.0 Å². The molecule has 0 amide bonds. The number of rotatable bonds is 6. The van der Waals surface area contributed by atoms with Gasteiger partial charge in [0.05, 0.1) is 6.61 Å². The summed E-state index contributed by atoms with van der Waals surface area (Å²) in [5.74, 6) is 1.55. The monoisotopic (exact) mass is 220 g/mol. The highest BCUT2D eigenvalue weighted by molar-refractivity contribution is 5.24. The molecule has 0 saturated heterocycles. The molecule has 3 heteroatoms. The first-order chi connectivity index (χ1) is 7.79. The largest absolute Gasteiger partial charge is 0.477 e. The summed E-state index contributed by atoms with van der Waals surface area (Å²) in [4.78, 5) is 4.46. The molecule has 3 nitrogen and oxygen atoms in total. The summed E-state index contributed by atoms with van der Waals surface area (Å²) in [6.45, 7) is 6.85. The standard InChI is InChI=1S/C13H20N2O/c1-3-14-8-12-6-7-13(15-10(12)2)16-9-11-4-5-11/h6-7,11,14H,3-5,8-9H2,1-2H3. The van der Waals surface area contributed by atoms with E-state index in [0.29, 0.717) is 0 Å². The van der Waals surface area contributed by atoms with Crippen LogP contribution in [0.25, 0.3) is 0 Å². The second-order valence-electron chi connectivity index (χ2n) is 4.43. The van der Waals surface area contributed by atoms with E-state index in [1.165, 1.54) is 18.4 Å². The molecule has 0 spiro atoms. The molecule has 1 aromatic rings. The zero-order valence-electron chi connectivity index (χ0n) is 10.1. The molecule has 1 aromatic heterocycles. The second-order valence-corrected chi connectivity index (χ2v) is 4.43. The summed E-state index contributed by atoms with van der Waals surface area (Å²) in [6, 6.07) is 4.08. The van der Waals surface area contributed by atoms with Gasteiger partial charge >= 0.3 is 0 Å². The maximum absolute atomic E-state index is 5.64. The zero-order chi connectivity index (χ0) is 11.4. The van der Waals surface area contributed by atoms with Gasteiger partial charge in [-0.25, -0.2) is 4.98 Å². The Labute approximate surface area is 97.2 Å². The number of nitrogens with zero attached hydrogens (tertiary/aromatic N) is 1. The summed E-state index contributed by atoms with van der Waals surface area (Å²) in [7, 11) is 0. The molecule has 1 aliphatic rings. The van der Waals surface area contributed by atoms with Crippen molar-refractivity contribution < 1.29 is 4.74 Å². The first-order valence-corrected chi connectivity index (χ1v) is 6.09. The molecule has 1 heterocycles. The van der Waals surface area contributed by atoms with Crippen LogP contribution in [0.1, 0.15) is 31.0 Å². The Morgan fingerprint density at radius 2 is 2.25 bits per heavy atom. The third-order valence-electron chi connectivity index (χ3n) is 2.90. The molecule has 1 saturated carbocycles. The van der Waals surface area contributed by atoms with Crippen molar-refractivity contribution in [3.05, 3.63) is 23.4 Å². The van der Waals surface area contributed by atoms with Gasteiger partial charge in [-0.15, -0.1) is 0 Å². The van der Waals surface area contributed by atoms with Crippen LogP contribution in [0.2, 0.25) is 0 Å². The lowest BCUT2D eigenvalue weighted by molar-refractivity contribution is 0.288. The molecule has 0 aromatic carbocycles. The van der Waals surface area contributed by atoms with E-state index in [-0.39, 0.29) is 0 Å². The zero-order valence-corrected chi connectivity index (χ0v) is 10.1. The molecule has 0 aliphatic heterocycles. The first-order valence-electron chi connectivity index (χ1n) is 6.09. The normalized spacial score (nSPS) is 15.1. The number of pyridine rings is 1. The lowest BCUT2D eigenvalue weighted by atomic mass is 10.2. The molecule has 1 fully saturated rings. The van der Waals surface area contributed by atoms with E-state index in [1.54, 1.807) is 0 Å². The quantitative estimate of drug-likeness (QED) is 0.798. The number of nitrogens with one attached hydrogen (secondary N) is 1. The van der Waals surface area contributed by atoms with Crippen molar-refractivity contribution in [2.45, 2.75) is 33.2 Å². The Bertz CT molecular complexity index is 348. The number of ether oxygens (including phenoxy) is 1. The Balaban J connectivity index is 1.91. The van der Waals surface area contributed by atoms with Crippen LogP contribution in [0.15, 0.2) is 12.1 Å². The van der Waals surface area contributed by atoms with Crippen LogP contribution in [0.3, 0.4) is 0 Å². The number of hydrogen-bond donors (Lipinski definition) is 1. The van der Waals surface area contributed by atoms with Gasteiger partial charge in [0, 0.05) is 18.3 Å². The highest BCUT2D eigenvalue weighted by atomic mass is 16.5. The molecule has 1 N–H and O–H groups in total. The summed E-state index contributed by atoms with van der Waals surface area (Å²) < 4.78 is 5.64. The van der Waals surface area contributed by atoms with E-state index in [1.807, 2.05) is 13.0 Å². The maximum atomic E-state index is 5.64. The van der Waals surface area contributed by atoms with E-state index in [2.05, 4.69) is 23.3 Å². The van der Waals surface area contributed by atoms with Crippen LogP contribution in [0, 0.1) is 12.8 Å². The minimum Gasteiger partial charge on any atom is -0.477 e. The van der Waals surface area contributed by atoms with Gasteiger partial charge < -0.3 is 10.1 Å². The molecule has 1 aliphatic carbocycles. The van der Waals surface area contributed by atoms with Crippen LogP contribution >= 0.6 is 0 Å². The van der Waals surface area contributed by atoms with E-state index in [9.17, 15) is 0 Å². The minimum atomic E-state index is 0.768. The van der Waals surface area contributed by atoms with Gasteiger partial charge in [0.25, 0.3) is 0 Å². The van der Waals surface area contributed by atoms with Crippen molar-refractivity contribution in [1.82, 2.24) is 10.3 Å². The van der Waals surface area contributed by atoms with Crippen LogP contribution in [-0.4, -0.2) is 18.1 Å². The van der Waals surface area contributed by atoms with Crippen molar-refractivity contribution in [3.8, 4) is 5.88 Å². The predicted octanol–water partition coefficient (Wildman–Crippen LogP) is 2.29. The average Bonchev–Trinajstić information content (AvgIpc) is 3.09. The SMILES string of the molecule is CCNCc1ccc(OCC2CC2)nc1C. The van der Waals surface area contributed by atoms with Crippen molar-refractivity contribution in [1.29, 1.82) is 0 Å². The topological polar surface area (TPSA) is 34.1 Å². The third kappa shape index (κ3) is 3.20. The van der Waals surface area contributed by atoms with Crippen molar-refractivity contribution in [2.24, 2.45) is 5.92 Å². The number of hydrogen-bond acceptors (Lipinski definition) is 3. The Hall–Kier alpha value is -1.09. The highest BCUT2D eigenvalue weighted by Gasteiger charge is 2.22.